The molecule has 3 aromatic rings. The number of fused-ring (bicyclic) bond motifs is 1. The number of benzene rings is 1. The molecule has 2 heterocycles. The first kappa shape index (κ1) is 18.4. The number of aryl methyl sites for hydroxylation is 1. The average molecular weight is 376 g/mol. The van der Waals surface area contributed by atoms with E-state index in [1.54, 1.807) is 6.20 Å². The van der Waals surface area contributed by atoms with Gasteiger partial charge in [0.2, 0.25) is 5.95 Å². The number of ether oxygens (including phenoxy) is 1. The van der Waals surface area contributed by atoms with Gasteiger partial charge in [-0.05, 0) is 49.6 Å². The fourth-order valence-corrected chi connectivity index (χ4v) is 3.60. The molecular weight excluding hydrogens is 352 g/mol. The molecule has 0 aliphatic heterocycles. The Morgan fingerprint density at radius 2 is 2.07 bits per heavy atom. The minimum atomic E-state index is -0.233. The van der Waals surface area contributed by atoms with E-state index in [0.29, 0.717) is 12.6 Å². The maximum atomic E-state index is 9.84. The first-order valence-electron chi connectivity index (χ1n) is 9.55. The van der Waals surface area contributed by atoms with Crippen LogP contribution in [0, 0.1) is 0 Å². The minimum absolute atomic E-state index is 0.121. The molecule has 6 heteroatoms. The molecule has 0 amide bonds. The lowest BCUT2D eigenvalue weighted by molar-refractivity contribution is 0.206. The summed E-state index contributed by atoms with van der Waals surface area (Å²) in [7, 11) is 0. The van der Waals surface area contributed by atoms with Crippen LogP contribution in [0.15, 0.2) is 48.8 Å². The van der Waals surface area contributed by atoms with Gasteiger partial charge in [0.25, 0.3) is 0 Å². The molecule has 0 saturated heterocycles. The molecule has 1 aromatic carbocycles. The first-order valence-corrected chi connectivity index (χ1v) is 9.55. The second-order valence-electron chi connectivity index (χ2n) is 7.26. The minimum Gasteiger partial charge on any atom is -0.492 e. The number of hydrogen-bond acceptors (Lipinski definition) is 6. The highest BCUT2D eigenvalue weighted by atomic mass is 16.5. The molecule has 0 spiro atoms. The molecule has 1 aliphatic rings. The molecule has 1 aliphatic carbocycles. The molecule has 28 heavy (non-hydrogen) atoms. The van der Waals surface area contributed by atoms with Crippen molar-refractivity contribution in [2.75, 3.05) is 18.5 Å². The van der Waals surface area contributed by atoms with Crippen LogP contribution in [-0.4, -0.2) is 33.3 Å². The topological polar surface area (TPSA) is 80.2 Å². The van der Waals surface area contributed by atoms with Crippen LogP contribution in [0.5, 0.6) is 5.75 Å². The molecule has 6 nitrogen and oxygen atoms in total. The second kappa shape index (κ2) is 7.56. The van der Waals surface area contributed by atoms with Gasteiger partial charge in [0.05, 0.1) is 24.6 Å². The highest BCUT2D eigenvalue weighted by Gasteiger charge is 2.34. The van der Waals surface area contributed by atoms with Crippen molar-refractivity contribution in [1.29, 1.82) is 0 Å². The zero-order valence-electron chi connectivity index (χ0n) is 16.1. The van der Waals surface area contributed by atoms with Crippen molar-refractivity contribution >= 4 is 11.6 Å². The van der Waals surface area contributed by atoms with Gasteiger partial charge < -0.3 is 15.2 Å². The number of rotatable bonds is 6. The highest BCUT2D eigenvalue weighted by molar-refractivity contribution is 5.65. The number of nitrogens with one attached hydrogen (secondary N) is 1. The van der Waals surface area contributed by atoms with Crippen LogP contribution < -0.4 is 10.1 Å². The van der Waals surface area contributed by atoms with Gasteiger partial charge in [0.15, 0.2) is 0 Å². The fourth-order valence-electron chi connectivity index (χ4n) is 3.60. The van der Waals surface area contributed by atoms with Gasteiger partial charge in [-0.2, -0.15) is 0 Å². The zero-order valence-corrected chi connectivity index (χ0v) is 16.1. The Bertz CT molecular complexity index is 992. The Morgan fingerprint density at radius 3 is 2.89 bits per heavy atom. The number of anilines is 2. The predicted molar refractivity (Wildman–Crippen MR) is 109 cm³/mol. The van der Waals surface area contributed by atoms with Gasteiger partial charge in [-0.1, -0.05) is 19.1 Å². The molecule has 4 rings (SSSR count). The molecule has 2 aromatic heterocycles. The van der Waals surface area contributed by atoms with E-state index in [4.69, 9.17) is 4.74 Å². The Morgan fingerprint density at radius 1 is 1.21 bits per heavy atom. The molecule has 0 fully saturated rings. The lowest BCUT2D eigenvalue weighted by atomic mass is 9.85. The number of para-hydroxylation sites is 2. The normalized spacial score (nSPS) is 18.0. The molecular formula is C22H24N4O2. The lowest BCUT2D eigenvalue weighted by Crippen LogP contribution is -2.23. The predicted octanol–water partition coefficient (Wildman–Crippen LogP) is 3.88. The molecule has 1 atom stereocenters. The summed E-state index contributed by atoms with van der Waals surface area (Å²) < 4.78 is 5.66. The number of aliphatic hydroxyl groups excluding tert-OH is 1. The van der Waals surface area contributed by atoms with Crippen LogP contribution in [0.4, 0.5) is 11.6 Å². The van der Waals surface area contributed by atoms with E-state index in [9.17, 15) is 5.11 Å². The van der Waals surface area contributed by atoms with Crippen molar-refractivity contribution < 1.29 is 9.84 Å². The Labute approximate surface area is 164 Å². The van der Waals surface area contributed by atoms with Crippen LogP contribution in [0.1, 0.15) is 31.5 Å². The second-order valence-corrected chi connectivity index (χ2v) is 7.26. The van der Waals surface area contributed by atoms with Crippen molar-refractivity contribution in [1.82, 2.24) is 15.0 Å². The lowest BCUT2D eigenvalue weighted by Gasteiger charge is -2.22. The SMILES string of the molecule is CCOc1ccccc1Nc1nccc(-c2cnc3c(c2)C(C)(CO)CC3)n1. The fraction of sp³-hybridized carbons (Fsp3) is 0.318. The summed E-state index contributed by atoms with van der Waals surface area (Å²) in [5, 5.41) is 13.1. The molecule has 0 radical (unpaired) electrons. The van der Waals surface area contributed by atoms with E-state index in [1.165, 1.54) is 0 Å². The Kier molecular flexibility index (Phi) is 4.96. The van der Waals surface area contributed by atoms with Gasteiger partial charge in [-0.15, -0.1) is 0 Å². The van der Waals surface area contributed by atoms with Gasteiger partial charge in [0, 0.05) is 29.1 Å². The van der Waals surface area contributed by atoms with E-state index in [-0.39, 0.29) is 12.0 Å². The zero-order chi connectivity index (χ0) is 19.6. The van der Waals surface area contributed by atoms with Crippen molar-refractivity contribution in [3.05, 3.63) is 60.0 Å². The van der Waals surface area contributed by atoms with Gasteiger partial charge in [-0.25, -0.2) is 9.97 Å². The van der Waals surface area contributed by atoms with Crippen LogP contribution in [0.25, 0.3) is 11.3 Å². The third-order valence-electron chi connectivity index (χ3n) is 5.27. The summed E-state index contributed by atoms with van der Waals surface area (Å²) in [6.07, 6.45) is 5.40. The van der Waals surface area contributed by atoms with Crippen molar-refractivity contribution in [2.45, 2.75) is 32.1 Å². The van der Waals surface area contributed by atoms with E-state index in [2.05, 4.69) is 33.3 Å². The van der Waals surface area contributed by atoms with Crippen LogP contribution in [-0.2, 0) is 11.8 Å². The van der Waals surface area contributed by atoms with Gasteiger partial charge in [-0.3, -0.25) is 4.98 Å². The summed E-state index contributed by atoms with van der Waals surface area (Å²) in [6, 6.07) is 11.7. The van der Waals surface area contributed by atoms with Crippen molar-refractivity contribution in [3.63, 3.8) is 0 Å². The summed E-state index contributed by atoms with van der Waals surface area (Å²) in [5.74, 6) is 1.26. The number of hydrogen-bond donors (Lipinski definition) is 2. The molecule has 0 bridgehead atoms. The van der Waals surface area contributed by atoms with Crippen LogP contribution >= 0.6 is 0 Å². The monoisotopic (exact) mass is 376 g/mol. The van der Waals surface area contributed by atoms with Gasteiger partial charge in [0.1, 0.15) is 5.75 Å². The summed E-state index contributed by atoms with van der Waals surface area (Å²) >= 11 is 0. The summed E-state index contributed by atoms with van der Waals surface area (Å²) in [4.78, 5) is 13.6. The molecule has 144 valence electrons. The number of pyridine rings is 1. The number of aliphatic hydroxyl groups is 1. The molecule has 0 saturated carbocycles. The Balaban J connectivity index is 1.65. The standard InChI is InChI=1S/C22H24N4O2/c1-3-28-20-7-5-4-6-19(20)26-21-23-11-9-17(25-21)15-12-16-18(24-13-15)8-10-22(16,2)14-27/h4-7,9,11-13,27H,3,8,10,14H2,1-2H3,(H,23,25,26). The Hall–Kier alpha value is -2.99. The maximum Gasteiger partial charge on any atom is 0.227 e. The molecule has 1 unspecified atom stereocenters. The van der Waals surface area contributed by atoms with Crippen LogP contribution in [0.2, 0.25) is 0 Å². The first-order chi connectivity index (χ1) is 13.6. The largest absolute Gasteiger partial charge is 0.492 e. The highest BCUT2D eigenvalue weighted by Crippen LogP contribution is 2.39. The van der Waals surface area contributed by atoms with E-state index in [1.807, 2.05) is 43.5 Å². The van der Waals surface area contributed by atoms with E-state index in [0.717, 1.165) is 46.8 Å². The number of aromatic nitrogens is 3. The maximum absolute atomic E-state index is 9.84. The average Bonchev–Trinajstić information content (AvgIpc) is 3.07. The van der Waals surface area contributed by atoms with E-state index >= 15 is 0 Å². The summed E-state index contributed by atoms with van der Waals surface area (Å²) in [5.41, 5.74) is 4.47. The van der Waals surface area contributed by atoms with Crippen molar-refractivity contribution in [3.8, 4) is 17.0 Å². The summed E-state index contributed by atoms with van der Waals surface area (Å²) in [6.45, 7) is 4.75. The van der Waals surface area contributed by atoms with Crippen LogP contribution in [0.3, 0.4) is 0 Å². The van der Waals surface area contributed by atoms with Gasteiger partial charge >= 0.3 is 0 Å². The smallest absolute Gasteiger partial charge is 0.227 e. The quantitative estimate of drug-likeness (QED) is 0.680. The number of nitrogens with zero attached hydrogens (tertiary/aromatic N) is 3. The van der Waals surface area contributed by atoms with E-state index < -0.39 is 0 Å². The molecule has 2 N–H and O–H groups in total. The third kappa shape index (κ3) is 3.43. The third-order valence-corrected chi connectivity index (χ3v) is 5.27. The van der Waals surface area contributed by atoms with Crippen molar-refractivity contribution in [2.24, 2.45) is 0 Å².